The Hall–Kier alpha value is 0.650. The van der Waals surface area contributed by atoms with Crippen LogP contribution in [0.1, 0.15) is 0 Å². The summed E-state index contributed by atoms with van der Waals surface area (Å²) in [5.74, 6) is 0. The Morgan fingerprint density at radius 2 is 1.50 bits per heavy atom. The van der Waals surface area contributed by atoms with E-state index < -0.39 is 0 Å². The second kappa shape index (κ2) is 1.92. The summed E-state index contributed by atoms with van der Waals surface area (Å²) in [4.78, 5) is 0. The molecule has 0 atom stereocenters. The second-order valence-electron chi connectivity index (χ2n) is 0.444. The molecule has 0 aliphatic rings. The van der Waals surface area contributed by atoms with Crippen molar-refractivity contribution in [2.75, 3.05) is 0 Å². The Labute approximate surface area is 38.7 Å². The third-order valence-electron chi connectivity index (χ3n) is 0. The zero-order valence-corrected chi connectivity index (χ0v) is 4.27. The van der Waals surface area contributed by atoms with Gasteiger partial charge >= 0.3 is 0 Å². The van der Waals surface area contributed by atoms with Crippen molar-refractivity contribution >= 4 is 22.6 Å². The Kier molecular flexibility index (Phi) is 2.24. The van der Waals surface area contributed by atoms with Crippen LogP contribution < -0.4 is 11.5 Å². The van der Waals surface area contributed by atoms with Gasteiger partial charge in [-0.2, -0.15) is 0 Å². The maximum Gasteiger partial charge on any atom is 0.106 e. The molecule has 0 bridgehead atoms. The van der Waals surface area contributed by atoms with Gasteiger partial charge < -0.3 is 11.5 Å². The summed E-state index contributed by atoms with van der Waals surface area (Å²) in [7, 11) is 0. The Morgan fingerprint density at radius 1 is 1.50 bits per heavy atom. The van der Waals surface area contributed by atoms with Crippen LogP contribution in [-0.2, 0) is 0 Å². The van der Waals surface area contributed by atoms with E-state index in [1.165, 1.54) is 0 Å². The minimum absolute atomic E-state index is 0.197. The lowest BCUT2D eigenvalue weighted by Gasteiger charge is -1.80. The highest BCUT2D eigenvalue weighted by Gasteiger charge is 1.69. The van der Waals surface area contributed by atoms with Gasteiger partial charge in [0.25, 0.3) is 0 Å². The molecule has 0 aliphatic heterocycles. The molecule has 4 heavy (non-hydrogen) atoms. The minimum Gasteiger partial charge on any atom is -0.308 e. The predicted octanol–water partition coefficient (Wildman–Crippen LogP) is -0.378. The largest absolute Gasteiger partial charge is 0.308 e. The fourth-order valence-electron chi connectivity index (χ4n) is 0. The van der Waals surface area contributed by atoms with Crippen LogP contribution >= 0.6 is 22.6 Å². The third-order valence-corrected chi connectivity index (χ3v) is 0. The number of hydrogen-bond acceptors (Lipinski definition) is 2. The van der Waals surface area contributed by atoms with Gasteiger partial charge in [-0.1, -0.05) is 0 Å². The molecule has 0 rings (SSSR count). The lowest BCUT2D eigenvalue weighted by atomic mass is 11.3. The molecule has 4 N–H and O–H groups in total. The molecule has 0 radical (unpaired) electrons. The highest BCUT2D eigenvalue weighted by atomic mass is 127. The van der Waals surface area contributed by atoms with Gasteiger partial charge in [-0.25, -0.2) is 0 Å². The first kappa shape index (κ1) is 4.65. The van der Waals surface area contributed by atoms with E-state index in [0.29, 0.717) is 0 Å². The van der Waals surface area contributed by atoms with Crippen molar-refractivity contribution < 1.29 is 0 Å². The molecule has 2 nitrogen and oxygen atoms in total. The molecule has 0 aliphatic carbocycles. The Bertz CT molecular complexity index is 10.8. The van der Waals surface area contributed by atoms with Crippen LogP contribution in [0.4, 0.5) is 0 Å². The third kappa shape index (κ3) is 17.1. The summed E-state index contributed by atoms with van der Waals surface area (Å²) in [5, 5.41) is 0. The molecule has 0 amide bonds. The smallest absolute Gasteiger partial charge is 0.106 e. The maximum absolute atomic E-state index is 4.88. The van der Waals surface area contributed by atoms with Gasteiger partial charge in [-0.05, 0) is 22.6 Å². The SMILES string of the molecule is NC(N)I. The monoisotopic (exact) mass is 172 g/mol. The van der Waals surface area contributed by atoms with Crippen LogP contribution in [0.25, 0.3) is 0 Å². The average Bonchev–Trinajstić information content (AvgIpc) is 0.811. The maximum atomic E-state index is 4.88. The van der Waals surface area contributed by atoms with Gasteiger partial charge in [-0.15, -0.1) is 0 Å². The molecule has 0 fully saturated rings. The number of hydrogen-bond donors (Lipinski definition) is 2. The molecule has 26 valence electrons. The summed E-state index contributed by atoms with van der Waals surface area (Å²) < 4.78 is -0.197. The molecule has 3 heteroatoms. The molecule has 0 saturated carbocycles. The zero-order chi connectivity index (χ0) is 3.58. The molecule has 0 spiro atoms. The van der Waals surface area contributed by atoms with E-state index in [9.17, 15) is 0 Å². The summed E-state index contributed by atoms with van der Waals surface area (Å²) in [6, 6.07) is 0. The van der Waals surface area contributed by atoms with E-state index in [4.69, 9.17) is 11.5 Å². The van der Waals surface area contributed by atoms with Crippen LogP contribution in [-0.4, -0.2) is 4.17 Å². The lowest BCUT2D eigenvalue weighted by molar-refractivity contribution is 1.03. The molecular weight excluding hydrogens is 167 g/mol. The minimum atomic E-state index is -0.197. The molecule has 0 aromatic rings. The standard InChI is InChI=1S/CH5IN2/c2-1(3)4/h1H,3-4H2. The van der Waals surface area contributed by atoms with Crippen molar-refractivity contribution in [1.29, 1.82) is 0 Å². The summed E-state index contributed by atoms with van der Waals surface area (Å²) >= 11 is 1.90. The van der Waals surface area contributed by atoms with Gasteiger partial charge in [-0.3, -0.25) is 0 Å². The zero-order valence-electron chi connectivity index (χ0n) is 2.11. The normalized spacial score (nSPS) is 9.00. The van der Waals surface area contributed by atoms with Crippen LogP contribution in [0.3, 0.4) is 0 Å². The fourth-order valence-corrected chi connectivity index (χ4v) is 0. The highest BCUT2D eigenvalue weighted by Crippen LogP contribution is 1.72. The van der Waals surface area contributed by atoms with Gasteiger partial charge in [0.1, 0.15) is 4.17 Å². The number of halogens is 1. The van der Waals surface area contributed by atoms with Crippen LogP contribution in [0.2, 0.25) is 0 Å². The van der Waals surface area contributed by atoms with Crippen molar-refractivity contribution in [3.63, 3.8) is 0 Å². The number of alkyl halides is 1. The lowest BCUT2D eigenvalue weighted by Crippen LogP contribution is -2.21. The number of nitrogens with two attached hydrogens (primary N) is 2. The van der Waals surface area contributed by atoms with Gasteiger partial charge in [0.05, 0.1) is 0 Å². The van der Waals surface area contributed by atoms with Crippen LogP contribution in [0.5, 0.6) is 0 Å². The van der Waals surface area contributed by atoms with E-state index in [1.54, 1.807) is 0 Å². The van der Waals surface area contributed by atoms with Crippen LogP contribution in [0.15, 0.2) is 0 Å². The predicted molar refractivity (Wildman–Crippen MR) is 26.2 cm³/mol. The molecule has 0 heterocycles. The summed E-state index contributed by atoms with van der Waals surface area (Å²) in [5.41, 5.74) is 9.75. The van der Waals surface area contributed by atoms with Crippen molar-refractivity contribution in [3.8, 4) is 0 Å². The molecule has 0 aromatic carbocycles. The van der Waals surface area contributed by atoms with E-state index in [0.717, 1.165) is 0 Å². The van der Waals surface area contributed by atoms with Crippen molar-refractivity contribution in [2.45, 2.75) is 4.17 Å². The topological polar surface area (TPSA) is 52.0 Å². The quantitative estimate of drug-likeness (QED) is 0.226. The van der Waals surface area contributed by atoms with Crippen molar-refractivity contribution in [2.24, 2.45) is 11.5 Å². The van der Waals surface area contributed by atoms with Crippen LogP contribution in [0, 0.1) is 0 Å². The average molecular weight is 172 g/mol. The molecule has 0 saturated heterocycles. The Morgan fingerprint density at radius 3 is 1.50 bits per heavy atom. The highest BCUT2D eigenvalue weighted by molar-refractivity contribution is 14.1. The van der Waals surface area contributed by atoms with Gasteiger partial charge in [0.2, 0.25) is 0 Å². The first-order chi connectivity index (χ1) is 1.73. The second-order valence-corrected chi connectivity index (χ2v) is 1.88. The fraction of sp³-hybridized carbons (Fsp3) is 1.00. The first-order valence-corrected chi connectivity index (χ1v) is 2.13. The summed E-state index contributed by atoms with van der Waals surface area (Å²) in [6.45, 7) is 0. The van der Waals surface area contributed by atoms with Crippen molar-refractivity contribution in [3.05, 3.63) is 0 Å². The summed E-state index contributed by atoms with van der Waals surface area (Å²) in [6.07, 6.45) is 0. The van der Waals surface area contributed by atoms with Crippen molar-refractivity contribution in [1.82, 2.24) is 0 Å². The van der Waals surface area contributed by atoms with E-state index in [1.807, 2.05) is 22.6 Å². The number of rotatable bonds is 0. The first-order valence-electron chi connectivity index (χ1n) is 0.885. The molecule has 0 aromatic heterocycles. The van der Waals surface area contributed by atoms with E-state index in [2.05, 4.69) is 0 Å². The van der Waals surface area contributed by atoms with Gasteiger partial charge in [0, 0.05) is 0 Å². The Balaban J connectivity index is 2.32. The molecule has 0 unspecified atom stereocenters. The van der Waals surface area contributed by atoms with E-state index in [-0.39, 0.29) is 4.17 Å². The molecular formula is CH5IN2. The van der Waals surface area contributed by atoms with E-state index >= 15 is 0 Å². The van der Waals surface area contributed by atoms with Gasteiger partial charge in [0.15, 0.2) is 0 Å².